The molecule has 0 aromatic rings. The summed E-state index contributed by atoms with van der Waals surface area (Å²) >= 11 is 0. The lowest BCUT2D eigenvalue weighted by molar-refractivity contribution is 0.105. The molecule has 0 aliphatic rings. The van der Waals surface area contributed by atoms with E-state index in [4.69, 9.17) is 9.84 Å². The Hall–Kier alpha value is -0.340. The minimum Gasteiger partial charge on any atom is -0.394 e. The van der Waals surface area contributed by atoms with Crippen LogP contribution in [0, 0.1) is 5.92 Å². The van der Waals surface area contributed by atoms with E-state index >= 15 is 0 Å². The van der Waals surface area contributed by atoms with Crippen molar-refractivity contribution >= 4 is 0 Å². The van der Waals surface area contributed by atoms with Crippen molar-refractivity contribution in [1.82, 2.24) is 0 Å². The zero-order chi connectivity index (χ0) is 7.98. The Balaban J connectivity index is 3.22. The van der Waals surface area contributed by atoms with Gasteiger partial charge in [-0.05, 0) is 11.5 Å². The summed E-state index contributed by atoms with van der Waals surface area (Å²) in [5.41, 5.74) is 1.08. The van der Waals surface area contributed by atoms with E-state index in [2.05, 4.69) is 20.4 Å². The van der Waals surface area contributed by atoms with E-state index in [0.29, 0.717) is 19.1 Å². The Morgan fingerprint density at radius 1 is 1.60 bits per heavy atom. The van der Waals surface area contributed by atoms with Gasteiger partial charge in [0, 0.05) is 0 Å². The second-order valence-corrected chi connectivity index (χ2v) is 2.59. The summed E-state index contributed by atoms with van der Waals surface area (Å²) in [5, 5.41) is 8.36. The molecule has 0 spiro atoms. The molecule has 2 nitrogen and oxygen atoms in total. The largest absolute Gasteiger partial charge is 0.394 e. The number of aliphatic hydroxyl groups excluding tert-OH is 1. The van der Waals surface area contributed by atoms with Gasteiger partial charge in [-0.15, -0.1) is 0 Å². The molecule has 0 saturated carbocycles. The fourth-order valence-electron chi connectivity index (χ4n) is 0.434. The van der Waals surface area contributed by atoms with Crippen LogP contribution in [0.25, 0.3) is 0 Å². The summed E-state index contributed by atoms with van der Waals surface area (Å²) in [4.78, 5) is 0. The van der Waals surface area contributed by atoms with Crippen molar-refractivity contribution in [3.05, 3.63) is 12.2 Å². The number of ether oxygens (including phenoxy) is 1. The van der Waals surface area contributed by atoms with Crippen LogP contribution in [0.1, 0.15) is 13.8 Å². The summed E-state index contributed by atoms with van der Waals surface area (Å²) in [6.07, 6.45) is 0. The van der Waals surface area contributed by atoms with Gasteiger partial charge in [-0.2, -0.15) is 0 Å². The average Bonchev–Trinajstić information content (AvgIpc) is 1.88. The average molecular weight is 144 g/mol. The molecule has 60 valence electrons. The zero-order valence-electron chi connectivity index (χ0n) is 6.76. The van der Waals surface area contributed by atoms with E-state index < -0.39 is 0 Å². The van der Waals surface area contributed by atoms with Crippen LogP contribution in [-0.4, -0.2) is 24.9 Å². The highest BCUT2D eigenvalue weighted by Gasteiger charge is 1.98. The molecular formula is C8H16O2. The van der Waals surface area contributed by atoms with Gasteiger partial charge in [-0.3, -0.25) is 0 Å². The topological polar surface area (TPSA) is 29.5 Å². The van der Waals surface area contributed by atoms with Crippen molar-refractivity contribution in [2.24, 2.45) is 5.92 Å². The van der Waals surface area contributed by atoms with Crippen LogP contribution in [-0.2, 0) is 4.74 Å². The third kappa shape index (κ3) is 4.53. The minimum absolute atomic E-state index is 0.0887. The van der Waals surface area contributed by atoms with Crippen LogP contribution in [0.15, 0.2) is 12.2 Å². The first-order chi connectivity index (χ1) is 4.68. The van der Waals surface area contributed by atoms with Crippen LogP contribution in [0.3, 0.4) is 0 Å². The molecule has 0 unspecified atom stereocenters. The summed E-state index contributed by atoms with van der Waals surface area (Å²) in [7, 11) is 0. The van der Waals surface area contributed by atoms with Gasteiger partial charge < -0.3 is 9.84 Å². The lowest BCUT2D eigenvalue weighted by Crippen LogP contribution is -2.05. The van der Waals surface area contributed by atoms with Crippen molar-refractivity contribution in [3.63, 3.8) is 0 Å². The van der Waals surface area contributed by atoms with E-state index in [0.717, 1.165) is 5.57 Å². The number of hydrogen-bond acceptors (Lipinski definition) is 2. The standard InChI is InChI=1S/C8H16O2/c1-7(2)8(3)6-10-5-4-9/h7,9H,3-6H2,1-2H3. The van der Waals surface area contributed by atoms with Crippen molar-refractivity contribution in [3.8, 4) is 0 Å². The molecule has 0 aliphatic heterocycles. The van der Waals surface area contributed by atoms with Crippen LogP contribution in [0.5, 0.6) is 0 Å². The first kappa shape index (κ1) is 9.66. The van der Waals surface area contributed by atoms with E-state index in [9.17, 15) is 0 Å². The first-order valence-electron chi connectivity index (χ1n) is 3.54. The van der Waals surface area contributed by atoms with E-state index in [1.54, 1.807) is 0 Å². The molecule has 10 heavy (non-hydrogen) atoms. The molecule has 0 aromatic carbocycles. The molecule has 0 fully saturated rings. The highest BCUT2D eigenvalue weighted by Crippen LogP contribution is 2.05. The highest BCUT2D eigenvalue weighted by molar-refractivity contribution is 4.97. The molecule has 0 amide bonds. The van der Waals surface area contributed by atoms with Crippen molar-refractivity contribution in [2.45, 2.75) is 13.8 Å². The number of hydrogen-bond donors (Lipinski definition) is 1. The molecule has 0 saturated heterocycles. The quantitative estimate of drug-likeness (QED) is 0.464. The second kappa shape index (κ2) is 5.45. The molecule has 2 heteroatoms. The first-order valence-corrected chi connectivity index (χ1v) is 3.54. The van der Waals surface area contributed by atoms with Gasteiger partial charge >= 0.3 is 0 Å². The number of rotatable bonds is 5. The third-order valence-corrected chi connectivity index (χ3v) is 1.34. The molecule has 0 radical (unpaired) electrons. The Labute approximate surface area is 62.5 Å². The molecule has 0 heterocycles. The maximum absolute atomic E-state index is 8.36. The maximum Gasteiger partial charge on any atom is 0.0702 e. The zero-order valence-corrected chi connectivity index (χ0v) is 6.76. The van der Waals surface area contributed by atoms with Gasteiger partial charge in [0.1, 0.15) is 0 Å². The van der Waals surface area contributed by atoms with Crippen LogP contribution in [0.4, 0.5) is 0 Å². The normalized spacial score (nSPS) is 10.4. The smallest absolute Gasteiger partial charge is 0.0702 e. The van der Waals surface area contributed by atoms with Crippen molar-refractivity contribution < 1.29 is 9.84 Å². The lowest BCUT2D eigenvalue weighted by Gasteiger charge is -2.08. The molecular weight excluding hydrogens is 128 g/mol. The van der Waals surface area contributed by atoms with Crippen LogP contribution < -0.4 is 0 Å². The molecule has 1 N–H and O–H groups in total. The van der Waals surface area contributed by atoms with Crippen molar-refractivity contribution in [2.75, 3.05) is 19.8 Å². The Kier molecular flexibility index (Phi) is 5.26. The van der Waals surface area contributed by atoms with Crippen LogP contribution >= 0.6 is 0 Å². The van der Waals surface area contributed by atoms with E-state index in [1.165, 1.54) is 0 Å². The summed E-state index contributed by atoms with van der Waals surface area (Å²) in [5.74, 6) is 0.471. The molecule has 0 rings (SSSR count). The summed E-state index contributed by atoms with van der Waals surface area (Å²) in [6, 6.07) is 0. The monoisotopic (exact) mass is 144 g/mol. The van der Waals surface area contributed by atoms with Gasteiger partial charge in [0.2, 0.25) is 0 Å². The minimum atomic E-state index is 0.0887. The van der Waals surface area contributed by atoms with E-state index in [-0.39, 0.29) is 6.61 Å². The Morgan fingerprint density at radius 2 is 2.20 bits per heavy atom. The Morgan fingerprint density at radius 3 is 2.60 bits per heavy atom. The third-order valence-electron chi connectivity index (χ3n) is 1.34. The van der Waals surface area contributed by atoms with Gasteiger partial charge in [-0.25, -0.2) is 0 Å². The van der Waals surface area contributed by atoms with Gasteiger partial charge in [-0.1, -0.05) is 20.4 Å². The summed E-state index contributed by atoms with van der Waals surface area (Å²) < 4.78 is 5.06. The SMILES string of the molecule is C=C(COCCO)C(C)C. The summed E-state index contributed by atoms with van der Waals surface area (Å²) in [6.45, 7) is 9.03. The van der Waals surface area contributed by atoms with Gasteiger partial charge in [0.25, 0.3) is 0 Å². The van der Waals surface area contributed by atoms with Gasteiger partial charge in [0.15, 0.2) is 0 Å². The highest BCUT2D eigenvalue weighted by atomic mass is 16.5. The van der Waals surface area contributed by atoms with Crippen molar-refractivity contribution in [1.29, 1.82) is 0 Å². The molecule has 0 bridgehead atoms. The predicted octanol–water partition coefficient (Wildman–Crippen LogP) is 1.21. The predicted molar refractivity (Wildman–Crippen MR) is 41.9 cm³/mol. The molecule has 0 atom stereocenters. The molecule has 0 aliphatic carbocycles. The molecule has 0 aromatic heterocycles. The number of aliphatic hydroxyl groups is 1. The fourth-order valence-corrected chi connectivity index (χ4v) is 0.434. The fraction of sp³-hybridized carbons (Fsp3) is 0.750. The van der Waals surface area contributed by atoms with Gasteiger partial charge in [0.05, 0.1) is 19.8 Å². The second-order valence-electron chi connectivity index (χ2n) is 2.59. The maximum atomic E-state index is 8.36. The lowest BCUT2D eigenvalue weighted by atomic mass is 10.1. The Bertz CT molecular complexity index is 97.4. The van der Waals surface area contributed by atoms with E-state index in [1.807, 2.05) is 0 Å². The van der Waals surface area contributed by atoms with Crippen LogP contribution in [0.2, 0.25) is 0 Å².